The molecule has 23 heavy (non-hydrogen) atoms. The molecule has 1 N–H and O–H groups in total. The van der Waals surface area contributed by atoms with Crippen molar-refractivity contribution < 1.29 is 18.3 Å². The SMILES string of the molecule is Cc1ccccc1C(C)NC(=O)Cc1ccc(OC(F)F)cc1. The predicted molar refractivity (Wildman–Crippen MR) is 84.5 cm³/mol. The van der Waals surface area contributed by atoms with E-state index in [0.717, 1.165) is 16.7 Å². The van der Waals surface area contributed by atoms with Crippen molar-refractivity contribution in [1.29, 1.82) is 0 Å². The number of benzene rings is 2. The number of hydrogen-bond acceptors (Lipinski definition) is 2. The second kappa shape index (κ2) is 7.72. The number of rotatable bonds is 6. The highest BCUT2D eigenvalue weighted by atomic mass is 19.3. The topological polar surface area (TPSA) is 38.3 Å². The maximum absolute atomic E-state index is 12.1. The second-order valence-corrected chi connectivity index (χ2v) is 5.35. The van der Waals surface area contributed by atoms with E-state index in [1.54, 1.807) is 12.1 Å². The zero-order valence-electron chi connectivity index (χ0n) is 13.1. The molecule has 0 radical (unpaired) electrons. The highest BCUT2D eigenvalue weighted by molar-refractivity contribution is 5.79. The van der Waals surface area contributed by atoms with E-state index in [1.165, 1.54) is 12.1 Å². The van der Waals surface area contributed by atoms with E-state index in [2.05, 4.69) is 10.1 Å². The van der Waals surface area contributed by atoms with Crippen LogP contribution in [0.3, 0.4) is 0 Å². The summed E-state index contributed by atoms with van der Waals surface area (Å²) in [4.78, 5) is 12.1. The van der Waals surface area contributed by atoms with Gasteiger partial charge in [0.25, 0.3) is 0 Å². The monoisotopic (exact) mass is 319 g/mol. The van der Waals surface area contributed by atoms with E-state index in [-0.39, 0.29) is 24.1 Å². The first-order valence-corrected chi connectivity index (χ1v) is 7.34. The minimum absolute atomic E-state index is 0.0810. The third kappa shape index (κ3) is 5.06. The zero-order chi connectivity index (χ0) is 16.8. The number of amides is 1. The third-order valence-electron chi connectivity index (χ3n) is 3.55. The van der Waals surface area contributed by atoms with Crippen molar-refractivity contribution in [3.63, 3.8) is 0 Å². The lowest BCUT2D eigenvalue weighted by atomic mass is 10.0. The molecule has 122 valence electrons. The number of halogens is 2. The summed E-state index contributed by atoms with van der Waals surface area (Å²) in [5.74, 6) is -0.0410. The molecule has 1 amide bonds. The molecular weight excluding hydrogens is 300 g/mol. The molecule has 1 unspecified atom stereocenters. The Hall–Kier alpha value is -2.43. The Morgan fingerprint density at radius 3 is 2.39 bits per heavy atom. The molecule has 0 saturated heterocycles. The molecule has 0 saturated carbocycles. The van der Waals surface area contributed by atoms with Crippen LogP contribution < -0.4 is 10.1 Å². The summed E-state index contributed by atoms with van der Waals surface area (Å²) < 4.78 is 28.4. The van der Waals surface area contributed by atoms with E-state index in [9.17, 15) is 13.6 Å². The van der Waals surface area contributed by atoms with Gasteiger partial charge in [0.05, 0.1) is 12.5 Å². The molecular formula is C18H19F2NO2. The van der Waals surface area contributed by atoms with Crippen LogP contribution in [0.5, 0.6) is 5.75 Å². The van der Waals surface area contributed by atoms with Crippen LogP contribution in [0.4, 0.5) is 8.78 Å². The largest absolute Gasteiger partial charge is 0.435 e. The van der Waals surface area contributed by atoms with Crippen LogP contribution in [0.15, 0.2) is 48.5 Å². The van der Waals surface area contributed by atoms with E-state index in [1.807, 2.05) is 38.1 Å². The van der Waals surface area contributed by atoms with Crippen LogP contribution in [-0.2, 0) is 11.2 Å². The maximum Gasteiger partial charge on any atom is 0.387 e. The minimum Gasteiger partial charge on any atom is -0.435 e. The number of alkyl halides is 2. The quantitative estimate of drug-likeness (QED) is 0.873. The fourth-order valence-electron chi connectivity index (χ4n) is 2.42. The first-order valence-electron chi connectivity index (χ1n) is 7.34. The number of ether oxygens (including phenoxy) is 1. The van der Waals surface area contributed by atoms with E-state index in [0.29, 0.717) is 0 Å². The van der Waals surface area contributed by atoms with Crippen molar-refractivity contribution in [2.24, 2.45) is 0 Å². The molecule has 0 aromatic heterocycles. The second-order valence-electron chi connectivity index (χ2n) is 5.35. The Balaban J connectivity index is 1.93. The first-order chi connectivity index (χ1) is 11.0. The summed E-state index contributed by atoms with van der Waals surface area (Å²) >= 11 is 0. The molecule has 0 aliphatic rings. The van der Waals surface area contributed by atoms with E-state index < -0.39 is 6.61 Å². The molecule has 3 nitrogen and oxygen atoms in total. The first kappa shape index (κ1) is 16.9. The Morgan fingerprint density at radius 2 is 1.78 bits per heavy atom. The number of hydrogen-bond donors (Lipinski definition) is 1. The molecule has 0 aliphatic carbocycles. The molecule has 0 bridgehead atoms. The van der Waals surface area contributed by atoms with Crippen molar-refractivity contribution in [3.8, 4) is 5.75 Å². The molecule has 0 fully saturated rings. The minimum atomic E-state index is -2.85. The molecule has 0 heterocycles. The smallest absolute Gasteiger partial charge is 0.387 e. The predicted octanol–water partition coefficient (Wildman–Crippen LogP) is 4.02. The van der Waals surface area contributed by atoms with Crippen molar-refractivity contribution in [1.82, 2.24) is 5.32 Å². The highest BCUT2D eigenvalue weighted by Gasteiger charge is 2.12. The summed E-state index contributed by atoms with van der Waals surface area (Å²) in [5.41, 5.74) is 2.93. The van der Waals surface area contributed by atoms with E-state index in [4.69, 9.17) is 0 Å². The molecule has 2 aromatic carbocycles. The number of carbonyl (C=O) groups excluding carboxylic acids is 1. The van der Waals surface area contributed by atoms with Crippen LogP contribution in [0.25, 0.3) is 0 Å². The zero-order valence-corrected chi connectivity index (χ0v) is 13.1. The molecule has 0 aliphatic heterocycles. The number of carbonyl (C=O) groups is 1. The van der Waals surface area contributed by atoms with Gasteiger partial charge in [0.2, 0.25) is 5.91 Å². The van der Waals surface area contributed by atoms with Crippen molar-refractivity contribution in [2.45, 2.75) is 32.9 Å². The molecule has 5 heteroatoms. The van der Waals surface area contributed by atoms with Gasteiger partial charge in [0.1, 0.15) is 5.75 Å². The summed E-state index contributed by atoms with van der Waals surface area (Å²) in [7, 11) is 0. The van der Waals surface area contributed by atoms with Gasteiger partial charge < -0.3 is 10.1 Å². The number of nitrogens with one attached hydrogen (secondary N) is 1. The fraction of sp³-hybridized carbons (Fsp3) is 0.278. The Kier molecular flexibility index (Phi) is 5.68. The Bertz CT molecular complexity index is 656. The fourth-order valence-corrected chi connectivity index (χ4v) is 2.42. The summed E-state index contributed by atoms with van der Waals surface area (Å²) in [6.07, 6.45) is 0.186. The van der Waals surface area contributed by atoms with Gasteiger partial charge in [0, 0.05) is 0 Å². The van der Waals surface area contributed by atoms with Crippen LogP contribution in [0.2, 0.25) is 0 Å². The van der Waals surface area contributed by atoms with Crippen molar-refractivity contribution >= 4 is 5.91 Å². The van der Waals surface area contributed by atoms with Crippen LogP contribution >= 0.6 is 0 Å². The summed E-state index contributed by atoms with van der Waals surface area (Å²) in [6.45, 7) is 1.08. The van der Waals surface area contributed by atoms with Crippen molar-refractivity contribution in [3.05, 3.63) is 65.2 Å². The molecule has 2 aromatic rings. The Labute approximate surface area is 134 Å². The van der Waals surface area contributed by atoms with Gasteiger partial charge in [-0.1, -0.05) is 36.4 Å². The van der Waals surface area contributed by atoms with Gasteiger partial charge in [-0.15, -0.1) is 0 Å². The maximum atomic E-state index is 12.1. The summed E-state index contributed by atoms with van der Waals surface area (Å²) in [5, 5.41) is 2.94. The van der Waals surface area contributed by atoms with Gasteiger partial charge >= 0.3 is 6.61 Å². The van der Waals surface area contributed by atoms with Crippen LogP contribution in [-0.4, -0.2) is 12.5 Å². The standard InChI is InChI=1S/C18H19F2NO2/c1-12-5-3-4-6-16(12)13(2)21-17(22)11-14-7-9-15(10-8-14)23-18(19)20/h3-10,13,18H,11H2,1-2H3,(H,21,22). The lowest BCUT2D eigenvalue weighted by Gasteiger charge is -2.16. The van der Waals surface area contributed by atoms with Crippen LogP contribution in [0, 0.1) is 6.92 Å². The lowest BCUT2D eigenvalue weighted by molar-refractivity contribution is -0.121. The van der Waals surface area contributed by atoms with Gasteiger partial charge in [-0.2, -0.15) is 8.78 Å². The molecule has 2 rings (SSSR count). The lowest BCUT2D eigenvalue weighted by Crippen LogP contribution is -2.28. The molecule has 1 atom stereocenters. The van der Waals surface area contributed by atoms with Gasteiger partial charge in [-0.3, -0.25) is 4.79 Å². The Morgan fingerprint density at radius 1 is 1.13 bits per heavy atom. The normalized spacial score (nSPS) is 12.0. The van der Waals surface area contributed by atoms with Gasteiger partial charge in [0.15, 0.2) is 0 Å². The third-order valence-corrected chi connectivity index (χ3v) is 3.55. The van der Waals surface area contributed by atoms with Gasteiger partial charge in [-0.05, 0) is 42.7 Å². The average molecular weight is 319 g/mol. The van der Waals surface area contributed by atoms with Crippen molar-refractivity contribution in [2.75, 3.05) is 0 Å². The highest BCUT2D eigenvalue weighted by Crippen LogP contribution is 2.18. The van der Waals surface area contributed by atoms with Gasteiger partial charge in [-0.25, -0.2) is 0 Å². The number of aryl methyl sites for hydroxylation is 1. The summed E-state index contributed by atoms with van der Waals surface area (Å²) in [6, 6.07) is 13.9. The van der Waals surface area contributed by atoms with E-state index >= 15 is 0 Å². The average Bonchev–Trinajstić information content (AvgIpc) is 2.49. The van der Waals surface area contributed by atoms with Crippen LogP contribution in [0.1, 0.15) is 29.7 Å². The molecule has 0 spiro atoms.